The molecule has 3 heterocycles. The molecule has 2 aromatic heterocycles. The molecule has 1 saturated heterocycles. The minimum absolute atomic E-state index is 0.0190. The predicted octanol–water partition coefficient (Wildman–Crippen LogP) is 4.46. The number of anilines is 1. The van der Waals surface area contributed by atoms with Crippen LogP contribution in [-0.4, -0.2) is 58.7 Å². The summed E-state index contributed by atoms with van der Waals surface area (Å²) in [4.78, 5) is 11.0. The van der Waals surface area contributed by atoms with Crippen LogP contribution in [0.25, 0.3) is 22.2 Å². The molecule has 180 valence electrons. The Hall–Kier alpha value is -3.11. The molecule has 1 atom stereocenters. The van der Waals surface area contributed by atoms with Gasteiger partial charge in [-0.1, -0.05) is 23.2 Å². The van der Waals surface area contributed by atoms with E-state index in [9.17, 15) is 5.11 Å². The Morgan fingerprint density at radius 2 is 1.89 bits per heavy atom. The van der Waals surface area contributed by atoms with Crippen molar-refractivity contribution >= 4 is 39.8 Å². The van der Waals surface area contributed by atoms with Crippen molar-refractivity contribution in [2.24, 2.45) is 0 Å². The molecule has 35 heavy (non-hydrogen) atoms. The van der Waals surface area contributed by atoms with Crippen LogP contribution in [-0.2, 0) is 4.74 Å². The van der Waals surface area contributed by atoms with Crippen molar-refractivity contribution in [3.63, 3.8) is 0 Å². The number of nitrogens with zero attached hydrogens (tertiary/aromatic N) is 5. The zero-order valence-corrected chi connectivity index (χ0v) is 20.1. The van der Waals surface area contributed by atoms with Crippen molar-refractivity contribution in [3.8, 4) is 17.0 Å². The summed E-state index contributed by atoms with van der Waals surface area (Å²) in [6.45, 7) is 2.90. The van der Waals surface area contributed by atoms with Gasteiger partial charge in [0.05, 0.1) is 31.5 Å². The summed E-state index contributed by atoms with van der Waals surface area (Å²) in [6.07, 6.45) is 0.0427. The second-order valence-electron chi connectivity index (χ2n) is 7.90. The summed E-state index contributed by atoms with van der Waals surface area (Å²) in [5.74, 6) is -0.361. The summed E-state index contributed by atoms with van der Waals surface area (Å²) in [5, 5.41) is 19.6. The van der Waals surface area contributed by atoms with E-state index in [1.807, 2.05) is 18.2 Å². The number of halogens is 3. The molecule has 1 fully saturated rings. The van der Waals surface area contributed by atoms with Crippen molar-refractivity contribution in [1.82, 2.24) is 20.2 Å². The topological polar surface area (TPSA) is 93.5 Å². The van der Waals surface area contributed by atoms with Gasteiger partial charge in [0.25, 0.3) is 0 Å². The molecule has 11 heteroatoms. The highest BCUT2D eigenvalue weighted by Crippen LogP contribution is 2.38. The smallest absolute Gasteiger partial charge is 0.155 e. The maximum absolute atomic E-state index is 15.2. The minimum atomic E-state index is -1.34. The van der Waals surface area contributed by atoms with Crippen molar-refractivity contribution in [2.45, 2.75) is 6.10 Å². The van der Waals surface area contributed by atoms with E-state index in [-0.39, 0.29) is 32.7 Å². The molecule has 2 aromatic carbocycles. The van der Waals surface area contributed by atoms with E-state index in [0.29, 0.717) is 29.8 Å². The number of methoxy groups -OCH3 is 1. The van der Waals surface area contributed by atoms with Gasteiger partial charge in [0.15, 0.2) is 5.15 Å². The van der Waals surface area contributed by atoms with Crippen LogP contribution in [0, 0.1) is 5.82 Å². The van der Waals surface area contributed by atoms with Crippen molar-refractivity contribution < 1.29 is 19.0 Å². The lowest BCUT2D eigenvalue weighted by molar-refractivity contribution is 0.122. The Morgan fingerprint density at radius 1 is 1.09 bits per heavy atom. The molecule has 0 bridgehead atoms. The predicted molar refractivity (Wildman–Crippen MR) is 131 cm³/mol. The summed E-state index contributed by atoms with van der Waals surface area (Å²) in [6, 6.07) is 9.79. The normalized spacial score (nSPS) is 14.8. The Balaban J connectivity index is 1.59. The molecular weight excluding hydrogens is 496 g/mol. The monoisotopic (exact) mass is 515 g/mol. The molecule has 0 saturated carbocycles. The van der Waals surface area contributed by atoms with Gasteiger partial charge >= 0.3 is 0 Å². The molecule has 0 radical (unpaired) electrons. The van der Waals surface area contributed by atoms with Crippen LogP contribution < -0.4 is 9.64 Å². The zero-order valence-electron chi connectivity index (χ0n) is 18.6. The molecular formula is C24H20Cl2FN5O3. The van der Waals surface area contributed by atoms with Gasteiger partial charge < -0.3 is 19.5 Å². The van der Waals surface area contributed by atoms with Gasteiger partial charge in [0.1, 0.15) is 29.7 Å². The van der Waals surface area contributed by atoms with E-state index in [1.165, 1.54) is 25.6 Å². The largest absolute Gasteiger partial charge is 0.495 e. The van der Waals surface area contributed by atoms with Gasteiger partial charge in [-0.2, -0.15) is 0 Å². The number of aliphatic hydroxyl groups excluding tert-OH is 1. The third-order valence-electron chi connectivity index (χ3n) is 5.87. The second kappa shape index (κ2) is 9.87. The third-order valence-corrected chi connectivity index (χ3v) is 6.38. The van der Waals surface area contributed by atoms with Crippen LogP contribution in [0.15, 0.2) is 42.7 Å². The summed E-state index contributed by atoms with van der Waals surface area (Å²) in [7, 11) is 1.42. The molecule has 4 aromatic rings. The van der Waals surface area contributed by atoms with E-state index in [2.05, 4.69) is 25.1 Å². The summed E-state index contributed by atoms with van der Waals surface area (Å²) < 4.78 is 25.9. The first-order valence-electron chi connectivity index (χ1n) is 10.8. The zero-order chi connectivity index (χ0) is 24.5. The standard InChI is InChI=1S/C24H20Cl2FN5O3/c1-34-20-11-21(26)30-31-23(20)24(33)15-9-16(18(27)10-17(15)25)22-14-3-2-13(8-19(14)28-12-29-22)32-4-6-35-7-5-32/h2-3,8-12,24,33H,4-7H2,1H3. The van der Waals surface area contributed by atoms with Gasteiger partial charge in [0, 0.05) is 46.4 Å². The van der Waals surface area contributed by atoms with E-state index in [0.717, 1.165) is 24.8 Å². The molecule has 8 nitrogen and oxygen atoms in total. The van der Waals surface area contributed by atoms with Gasteiger partial charge in [-0.15, -0.1) is 10.2 Å². The highest BCUT2D eigenvalue weighted by molar-refractivity contribution is 6.31. The highest BCUT2D eigenvalue weighted by atomic mass is 35.5. The summed E-state index contributed by atoms with van der Waals surface area (Å²) in [5.41, 5.74) is 2.53. The van der Waals surface area contributed by atoms with Crippen LogP contribution in [0.5, 0.6) is 5.75 Å². The third kappa shape index (κ3) is 4.60. The molecule has 1 N–H and O–H groups in total. The SMILES string of the molecule is COc1cc(Cl)nnc1C(O)c1cc(-c2ncnc3cc(N4CCOCC4)ccc23)c(F)cc1Cl. The molecule has 1 aliphatic heterocycles. The number of benzene rings is 2. The number of hydrogen-bond acceptors (Lipinski definition) is 8. The van der Waals surface area contributed by atoms with Crippen molar-refractivity contribution in [3.05, 3.63) is 70.0 Å². The number of morpholine rings is 1. The van der Waals surface area contributed by atoms with Crippen LogP contribution >= 0.6 is 23.2 Å². The van der Waals surface area contributed by atoms with E-state index < -0.39 is 11.9 Å². The fourth-order valence-corrected chi connectivity index (χ4v) is 4.49. The number of fused-ring (bicyclic) bond motifs is 1. The molecule has 0 aliphatic carbocycles. The average molecular weight is 516 g/mol. The van der Waals surface area contributed by atoms with Gasteiger partial charge in [-0.3, -0.25) is 0 Å². The fraction of sp³-hybridized carbons (Fsp3) is 0.250. The lowest BCUT2D eigenvalue weighted by Gasteiger charge is -2.29. The van der Waals surface area contributed by atoms with Crippen molar-refractivity contribution in [1.29, 1.82) is 0 Å². The Bertz CT molecular complexity index is 1400. The van der Waals surface area contributed by atoms with Crippen LogP contribution in [0.2, 0.25) is 10.2 Å². The van der Waals surface area contributed by atoms with Gasteiger partial charge in [-0.05, 0) is 30.3 Å². The highest BCUT2D eigenvalue weighted by Gasteiger charge is 2.24. The number of rotatable bonds is 5. The first-order valence-corrected chi connectivity index (χ1v) is 11.5. The van der Waals surface area contributed by atoms with Gasteiger partial charge in [0.2, 0.25) is 0 Å². The average Bonchev–Trinajstić information content (AvgIpc) is 2.88. The van der Waals surface area contributed by atoms with E-state index in [4.69, 9.17) is 32.7 Å². The number of aliphatic hydroxyl groups is 1. The van der Waals surface area contributed by atoms with Crippen LogP contribution in [0.1, 0.15) is 17.4 Å². The second-order valence-corrected chi connectivity index (χ2v) is 8.69. The maximum Gasteiger partial charge on any atom is 0.155 e. The number of ether oxygens (including phenoxy) is 2. The van der Waals surface area contributed by atoms with E-state index in [1.54, 1.807) is 0 Å². The fourth-order valence-electron chi connectivity index (χ4n) is 4.10. The molecule has 1 aliphatic rings. The molecule has 0 spiro atoms. The summed E-state index contributed by atoms with van der Waals surface area (Å²) >= 11 is 12.2. The van der Waals surface area contributed by atoms with Crippen LogP contribution in [0.4, 0.5) is 10.1 Å². The van der Waals surface area contributed by atoms with Crippen molar-refractivity contribution in [2.75, 3.05) is 38.3 Å². The van der Waals surface area contributed by atoms with Gasteiger partial charge in [-0.25, -0.2) is 14.4 Å². The lowest BCUT2D eigenvalue weighted by atomic mass is 9.98. The first-order chi connectivity index (χ1) is 17.0. The number of hydrogen-bond donors (Lipinski definition) is 1. The Kier molecular flexibility index (Phi) is 6.66. The molecule has 5 rings (SSSR count). The van der Waals surface area contributed by atoms with E-state index >= 15 is 4.39 Å². The minimum Gasteiger partial charge on any atom is -0.495 e. The Labute approximate surface area is 210 Å². The molecule has 1 unspecified atom stereocenters. The lowest BCUT2D eigenvalue weighted by Crippen LogP contribution is -2.36. The number of aromatic nitrogens is 4. The first kappa shape index (κ1) is 23.6. The van der Waals surface area contributed by atoms with Crippen LogP contribution in [0.3, 0.4) is 0 Å². The Morgan fingerprint density at radius 3 is 2.66 bits per heavy atom. The maximum atomic E-state index is 15.2. The quantitative estimate of drug-likeness (QED) is 0.416. The molecule has 0 amide bonds.